The molecule has 0 aliphatic carbocycles. The van der Waals surface area contributed by atoms with Crippen LogP contribution in [-0.2, 0) is 0 Å². The largest absolute Gasteiger partial charge is 0.122 e. The molecular formula is C50H81Cl. The Labute approximate surface area is 324 Å². The van der Waals surface area contributed by atoms with E-state index in [4.69, 9.17) is 11.6 Å². The van der Waals surface area contributed by atoms with Gasteiger partial charge in [-0.3, -0.25) is 0 Å². The lowest BCUT2D eigenvalue weighted by atomic mass is 10.0. The first-order valence-electron chi connectivity index (χ1n) is 20.4. The fraction of sp³-hybridized carbons (Fsp3) is 0.600. The van der Waals surface area contributed by atoms with Crippen molar-refractivity contribution in [3.8, 4) is 0 Å². The second-order valence-corrected chi connectivity index (χ2v) is 16.0. The maximum atomic E-state index is 5.79. The van der Waals surface area contributed by atoms with E-state index >= 15 is 0 Å². The Balaban J connectivity index is 4.24. The first kappa shape index (κ1) is 48.7. The van der Waals surface area contributed by atoms with Gasteiger partial charge in [0.1, 0.15) is 0 Å². The van der Waals surface area contributed by atoms with Gasteiger partial charge in [-0.15, -0.1) is 11.6 Å². The fourth-order valence-corrected chi connectivity index (χ4v) is 6.27. The highest BCUT2D eigenvalue weighted by Crippen LogP contribution is 2.18. The van der Waals surface area contributed by atoms with E-state index in [0.29, 0.717) is 5.88 Å². The molecule has 0 amide bonds. The summed E-state index contributed by atoms with van der Waals surface area (Å²) >= 11 is 5.79. The Morgan fingerprint density at radius 3 is 0.569 bits per heavy atom. The first-order chi connectivity index (χ1) is 24.3. The number of hydrogen-bond donors (Lipinski definition) is 0. The van der Waals surface area contributed by atoms with E-state index in [-0.39, 0.29) is 0 Å². The molecule has 0 rings (SSSR count). The Hall–Kier alpha value is -2.31. The topological polar surface area (TPSA) is 0 Å². The summed E-state index contributed by atoms with van der Waals surface area (Å²) in [5.41, 5.74) is 15.0. The van der Waals surface area contributed by atoms with Crippen LogP contribution < -0.4 is 0 Å². The van der Waals surface area contributed by atoms with Crippen molar-refractivity contribution in [3.63, 3.8) is 0 Å². The summed E-state index contributed by atoms with van der Waals surface area (Å²) in [6.45, 7) is 24.9. The molecule has 0 unspecified atom stereocenters. The van der Waals surface area contributed by atoms with E-state index in [9.17, 15) is 0 Å². The fourth-order valence-electron chi connectivity index (χ4n) is 6.01. The second kappa shape index (κ2) is 32.3. The normalized spacial score (nSPS) is 14.9. The smallest absolute Gasteiger partial charge is 0.0406 e. The summed E-state index contributed by atoms with van der Waals surface area (Å²) in [5, 5.41) is 0. The van der Waals surface area contributed by atoms with Gasteiger partial charge in [0, 0.05) is 5.88 Å². The standard InChI is InChI=1S/C50H81Cl/c1-41(2)21-12-22-42(3)23-13-24-43(4)25-14-26-44(5)27-15-28-45(6)29-16-30-46(7)31-17-32-47(8)33-18-34-48(9)35-19-36-49(10)37-20-38-50(11)39-40-51/h21,23,25,27,29,31,33,35,37,39H,12-20,22,24,26,28,30,32,34,36,38,40H2,1-11H3/b42-23+,43-25+,44-27+,45-29+,46-31+,47-33+,48-35+,49-37+,50-39+. The van der Waals surface area contributed by atoms with Crippen LogP contribution in [0.2, 0.25) is 0 Å². The molecule has 0 bridgehead atoms. The molecule has 0 saturated carbocycles. The van der Waals surface area contributed by atoms with Crippen molar-refractivity contribution in [1.29, 1.82) is 0 Å². The lowest BCUT2D eigenvalue weighted by Crippen LogP contribution is -1.84. The van der Waals surface area contributed by atoms with E-state index in [1.54, 1.807) is 0 Å². The van der Waals surface area contributed by atoms with Crippen LogP contribution in [0.1, 0.15) is 192 Å². The van der Waals surface area contributed by atoms with Crippen LogP contribution in [0.3, 0.4) is 0 Å². The van der Waals surface area contributed by atoms with Gasteiger partial charge in [0.25, 0.3) is 0 Å². The van der Waals surface area contributed by atoms with Crippen molar-refractivity contribution >= 4 is 11.6 Å². The molecule has 0 nitrogen and oxygen atoms in total. The maximum absolute atomic E-state index is 5.79. The van der Waals surface area contributed by atoms with Crippen LogP contribution in [-0.4, -0.2) is 5.88 Å². The van der Waals surface area contributed by atoms with Gasteiger partial charge in [-0.25, -0.2) is 0 Å². The number of halogens is 1. The number of rotatable bonds is 28. The molecule has 0 aliphatic heterocycles. The molecule has 0 aromatic heterocycles. The molecular weight excluding hydrogens is 636 g/mol. The third kappa shape index (κ3) is 33.3. The molecule has 0 saturated heterocycles. The highest BCUT2D eigenvalue weighted by molar-refractivity contribution is 6.18. The summed E-state index contributed by atoms with van der Waals surface area (Å²) < 4.78 is 0. The maximum Gasteiger partial charge on any atom is 0.0406 e. The highest BCUT2D eigenvalue weighted by Gasteiger charge is 1.98. The minimum absolute atomic E-state index is 0.622. The SMILES string of the molecule is CC(C)=CCC/C(C)=C/CC/C(C)=C/CC/C(C)=C/CC/C(C)=C/CC/C(C)=C/CC/C(C)=C/CC/C(C)=C/CC/C(C)=C/CC/C(C)=C/CCl. The first-order valence-corrected chi connectivity index (χ1v) is 21.0. The highest BCUT2D eigenvalue weighted by atomic mass is 35.5. The number of alkyl halides is 1. The molecule has 0 N–H and O–H groups in total. The second-order valence-electron chi connectivity index (χ2n) is 15.7. The summed E-state index contributed by atoms with van der Waals surface area (Å²) in [7, 11) is 0. The minimum Gasteiger partial charge on any atom is -0.122 e. The van der Waals surface area contributed by atoms with Gasteiger partial charge in [-0.05, 0) is 192 Å². The molecule has 0 aromatic carbocycles. The lowest BCUT2D eigenvalue weighted by molar-refractivity contribution is 0.879. The van der Waals surface area contributed by atoms with E-state index in [1.807, 2.05) is 0 Å². The van der Waals surface area contributed by atoms with Gasteiger partial charge in [-0.2, -0.15) is 0 Å². The van der Waals surface area contributed by atoms with Crippen molar-refractivity contribution in [1.82, 2.24) is 0 Å². The van der Waals surface area contributed by atoms with Crippen molar-refractivity contribution in [2.24, 2.45) is 0 Å². The molecule has 0 heterocycles. The average Bonchev–Trinajstić information content (AvgIpc) is 3.04. The molecule has 0 radical (unpaired) electrons. The van der Waals surface area contributed by atoms with Crippen LogP contribution in [0.25, 0.3) is 0 Å². The summed E-state index contributed by atoms with van der Waals surface area (Å²) in [5.74, 6) is 0.622. The minimum atomic E-state index is 0.622. The third-order valence-corrected chi connectivity index (χ3v) is 9.92. The van der Waals surface area contributed by atoms with E-state index < -0.39 is 0 Å². The summed E-state index contributed by atoms with van der Waals surface area (Å²) in [4.78, 5) is 0. The monoisotopic (exact) mass is 717 g/mol. The summed E-state index contributed by atoms with van der Waals surface area (Å²) in [6.07, 6.45) is 45.0. The number of hydrogen-bond acceptors (Lipinski definition) is 0. The molecule has 0 fully saturated rings. The van der Waals surface area contributed by atoms with Crippen LogP contribution in [0.15, 0.2) is 116 Å². The Morgan fingerprint density at radius 2 is 0.412 bits per heavy atom. The summed E-state index contributed by atoms with van der Waals surface area (Å²) in [6, 6.07) is 0. The Kier molecular flexibility index (Phi) is 30.9. The van der Waals surface area contributed by atoms with Crippen molar-refractivity contribution in [2.45, 2.75) is 192 Å². The molecule has 0 spiro atoms. The zero-order valence-electron chi connectivity index (χ0n) is 35.6. The van der Waals surface area contributed by atoms with Gasteiger partial charge < -0.3 is 0 Å². The van der Waals surface area contributed by atoms with Gasteiger partial charge >= 0.3 is 0 Å². The third-order valence-electron chi connectivity index (χ3n) is 9.77. The molecule has 0 atom stereocenters. The van der Waals surface area contributed by atoms with E-state index in [0.717, 1.165) is 57.8 Å². The lowest BCUT2D eigenvalue weighted by Gasteiger charge is -2.04. The van der Waals surface area contributed by atoms with Gasteiger partial charge in [0.15, 0.2) is 0 Å². The quantitative estimate of drug-likeness (QED) is 0.0558. The van der Waals surface area contributed by atoms with Gasteiger partial charge in [-0.1, -0.05) is 116 Å². The van der Waals surface area contributed by atoms with Crippen molar-refractivity contribution in [3.05, 3.63) is 116 Å². The van der Waals surface area contributed by atoms with Crippen LogP contribution in [0.5, 0.6) is 0 Å². The predicted molar refractivity (Wildman–Crippen MR) is 237 cm³/mol. The van der Waals surface area contributed by atoms with E-state index in [2.05, 4.69) is 137 Å². The Bertz CT molecular complexity index is 1260. The predicted octanol–water partition coefficient (Wildman–Crippen LogP) is 17.7. The zero-order valence-corrected chi connectivity index (χ0v) is 36.3. The number of allylic oxidation sites excluding steroid dienone is 20. The van der Waals surface area contributed by atoms with Gasteiger partial charge in [0.05, 0.1) is 0 Å². The van der Waals surface area contributed by atoms with Crippen LogP contribution >= 0.6 is 11.6 Å². The molecule has 0 aromatic rings. The van der Waals surface area contributed by atoms with E-state index in [1.165, 1.54) is 114 Å². The molecule has 1 heteroatoms. The average molecular weight is 718 g/mol. The van der Waals surface area contributed by atoms with Crippen LogP contribution in [0.4, 0.5) is 0 Å². The zero-order chi connectivity index (χ0) is 38.3. The van der Waals surface area contributed by atoms with Gasteiger partial charge in [0.2, 0.25) is 0 Å². The Morgan fingerprint density at radius 1 is 0.255 bits per heavy atom. The molecule has 0 aliphatic rings. The van der Waals surface area contributed by atoms with Crippen molar-refractivity contribution in [2.75, 3.05) is 5.88 Å². The van der Waals surface area contributed by atoms with Crippen molar-refractivity contribution < 1.29 is 0 Å². The molecule has 288 valence electrons. The van der Waals surface area contributed by atoms with Crippen LogP contribution in [0, 0.1) is 0 Å². The molecule has 51 heavy (non-hydrogen) atoms.